The highest BCUT2D eigenvalue weighted by atomic mass is 19.1. The lowest BCUT2D eigenvalue weighted by Gasteiger charge is -2.14. The molecule has 0 spiro atoms. The molecule has 126 valence electrons. The number of aliphatic imine (C=N–C) groups is 1. The van der Waals surface area contributed by atoms with Gasteiger partial charge in [0.25, 0.3) is 0 Å². The van der Waals surface area contributed by atoms with Crippen LogP contribution >= 0.6 is 0 Å². The third-order valence-electron chi connectivity index (χ3n) is 3.98. The van der Waals surface area contributed by atoms with Crippen molar-refractivity contribution in [2.24, 2.45) is 4.99 Å². The van der Waals surface area contributed by atoms with E-state index in [-0.39, 0.29) is 11.5 Å². The van der Waals surface area contributed by atoms with Crippen LogP contribution in [0.15, 0.2) is 77.2 Å². The number of hydrogen-bond acceptors (Lipinski definition) is 3. The Morgan fingerprint density at radius 2 is 2.20 bits per heavy atom. The molecule has 3 rings (SSSR count). The minimum absolute atomic E-state index is 0.162. The van der Waals surface area contributed by atoms with Gasteiger partial charge >= 0.3 is 5.97 Å². The van der Waals surface area contributed by atoms with Gasteiger partial charge in [-0.15, -0.1) is 0 Å². The molecule has 0 bridgehead atoms. The first-order valence-electron chi connectivity index (χ1n) is 8.08. The van der Waals surface area contributed by atoms with Gasteiger partial charge in [-0.25, -0.2) is 14.2 Å². The number of halogens is 1. The topological polar surface area (TPSA) is 38.7 Å². The van der Waals surface area contributed by atoms with E-state index in [4.69, 9.17) is 4.74 Å². The summed E-state index contributed by atoms with van der Waals surface area (Å²) in [5, 5.41) is 0. The molecular formula is C21H18FNO2. The summed E-state index contributed by atoms with van der Waals surface area (Å²) < 4.78 is 18.5. The maximum atomic E-state index is 13.1. The molecule has 1 aliphatic carbocycles. The van der Waals surface area contributed by atoms with Gasteiger partial charge in [0.1, 0.15) is 5.83 Å². The summed E-state index contributed by atoms with van der Waals surface area (Å²) in [6.45, 7) is 5.38. The fourth-order valence-electron chi connectivity index (χ4n) is 2.71. The number of esters is 1. The predicted molar refractivity (Wildman–Crippen MR) is 97.7 cm³/mol. The van der Waals surface area contributed by atoms with E-state index < -0.39 is 5.97 Å². The smallest absolute Gasteiger partial charge is 0.363 e. The zero-order valence-corrected chi connectivity index (χ0v) is 14.0. The Kier molecular flexibility index (Phi) is 4.89. The molecule has 1 aromatic rings. The molecule has 3 nitrogen and oxygen atoms in total. The number of nitrogens with zero attached hydrogens (tertiary/aromatic N) is 1. The summed E-state index contributed by atoms with van der Waals surface area (Å²) in [5.74, 6) is -0.596. The van der Waals surface area contributed by atoms with Crippen LogP contribution in [0.3, 0.4) is 0 Å². The number of fused-ring (bicyclic) bond motifs is 1. The summed E-state index contributed by atoms with van der Waals surface area (Å²) in [7, 11) is 0. The van der Waals surface area contributed by atoms with Gasteiger partial charge in [-0.2, -0.15) is 0 Å². The highest BCUT2D eigenvalue weighted by molar-refractivity contribution is 6.12. The summed E-state index contributed by atoms with van der Waals surface area (Å²) in [6.07, 6.45) is 11.6. The van der Waals surface area contributed by atoms with E-state index in [1.54, 1.807) is 6.92 Å². The maximum Gasteiger partial charge on any atom is 0.363 e. The Bertz CT molecular complexity index is 885. The van der Waals surface area contributed by atoms with Gasteiger partial charge in [0, 0.05) is 5.56 Å². The van der Waals surface area contributed by atoms with Crippen LogP contribution in [0.1, 0.15) is 30.0 Å². The number of benzene rings is 1. The minimum Gasteiger partial charge on any atom is -0.402 e. The number of carbonyl (C=O) groups excluding carboxylic acids is 1. The number of rotatable bonds is 4. The molecule has 1 heterocycles. The lowest BCUT2D eigenvalue weighted by atomic mass is 9.93. The Hall–Kier alpha value is -3.01. The van der Waals surface area contributed by atoms with Crippen LogP contribution in [0.25, 0.3) is 6.08 Å². The Balaban J connectivity index is 1.89. The van der Waals surface area contributed by atoms with E-state index in [2.05, 4.69) is 23.7 Å². The second kappa shape index (κ2) is 7.26. The number of carbonyl (C=O) groups is 1. The third-order valence-corrected chi connectivity index (χ3v) is 3.98. The lowest BCUT2D eigenvalue weighted by molar-refractivity contribution is -0.130. The highest BCUT2D eigenvalue weighted by Crippen LogP contribution is 2.26. The largest absolute Gasteiger partial charge is 0.402 e. The quantitative estimate of drug-likeness (QED) is 0.449. The van der Waals surface area contributed by atoms with E-state index in [0.29, 0.717) is 11.5 Å². The van der Waals surface area contributed by atoms with Crippen LogP contribution in [-0.2, 0) is 16.0 Å². The first kappa shape index (κ1) is 16.8. The van der Waals surface area contributed by atoms with Crippen LogP contribution in [-0.4, -0.2) is 11.9 Å². The van der Waals surface area contributed by atoms with Crippen molar-refractivity contribution in [3.63, 3.8) is 0 Å². The van der Waals surface area contributed by atoms with Gasteiger partial charge in [0.15, 0.2) is 5.70 Å². The molecule has 0 aromatic heterocycles. The summed E-state index contributed by atoms with van der Waals surface area (Å²) >= 11 is 0. The molecule has 25 heavy (non-hydrogen) atoms. The summed E-state index contributed by atoms with van der Waals surface area (Å²) in [6, 6.07) is 5.86. The van der Waals surface area contributed by atoms with Crippen molar-refractivity contribution in [1.29, 1.82) is 0 Å². The molecule has 0 saturated heterocycles. The number of ether oxygens (including phenoxy) is 1. The zero-order chi connectivity index (χ0) is 17.8. The van der Waals surface area contributed by atoms with Crippen molar-refractivity contribution in [2.75, 3.05) is 0 Å². The van der Waals surface area contributed by atoms with Crippen molar-refractivity contribution in [3.8, 4) is 0 Å². The van der Waals surface area contributed by atoms with E-state index in [1.807, 2.05) is 18.2 Å². The molecular weight excluding hydrogens is 317 g/mol. The molecule has 0 fully saturated rings. The van der Waals surface area contributed by atoms with Crippen LogP contribution in [0.4, 0.5) is 4.39 Å². The second-order valence-corrected chi connectivity index (χ2v) is 5.73. The molecule has 2 aliphatic rings. The van der Waals surface area contributed by atoms with Crippen LogP contribution in [0.2, 0.25) is 0 Å². The molecule has 0 atom stereocenters. The Morgan fingerprint density at radius 1 is 1.36 bits per heavy atom. The summed E-state index contributed by atoms with van der Waals surface area (Å²) in [4.78, 5) is 16.4. The van der Waals surface area contributed by atoms with Gasteiger partial charge in [0.05, 0.1) is 0 Å². The standard InChI is InChI=1S/C21H18FNO2/c1-3-16(22)12-11-14(2)13-19-21(24)25-20(23-19)18-10-6-8-15-7-4-5-9-17(15)18/h3-4,6-8,10-13H,2,5,9H2,1H3/b12-11-,16-3+,19-13-. The average Bonchev–Trinajstić information content (AvgIpc) is 2.99. The second-order valence-electron chi connectivity index (χ2n) is 5.73. The molecule has 0 saturated carbocycles. The molecule has 1 aliphatic heterocycles. The lowest BCUT2D eigenvalue weighted by Crippen LogP contribution is -2.10. The zero-order valence-electron chi connectivity index (χ0n) is 14.0. The minimum atomic E-state index is -0.528. The molecule has 0 unspecified atom stereocenters. The SMILES string of the molecule is C=C(/C=C\C(F)=C/C)/C=C1\N=C(c2cccc3c2CCC=C3)OC1=O. The number of hydrogen-bond donors (Lipinski definition) is 0. The van der Waals surface area contributed by atoms with E-state index >= 15 is 0 Å². The predicted octanol–water partition coefficient (Wildman–Crippen LogP) is 4.82. The van der Waals surface area contributed by atoms with Crippen molar-refractivity contribution >= 4 is 17.9 Å². The first-order chi connectivity index (χ1) is 12.1. The monoisotopic (exact) mass is 335 g/mol. The van der Waals surface area contributed by atoms with Crippen molar-refractivity contribution in [1.82, 2.24) is 0 Å². The number of allylic oxidation sites excluding steroid dienone is 7. The van der Waals surface area contributed by atoms with Gasteiger partial charge < -0.3 is 4.74 Å². The van der Waals surface area contributed by atoms with Crippen molar-refractivity contribution in [3.05, 3.63) is 88.9 Å². The van der Waals surface area contributed by atoms with Crippen molar-refractivity contribution < 1.29 is 13.9 Å². The van der Waals surface area contributed by atoms with E-state index in [9.17, 15) is 9.18 Å². The van der Waals surface area contributed by atoms with E-state index in [0.717, 1.165) is 29.5 Å². The summed E-state index contributed by atoms with van der Waals surface area (Å²) in [5.41, 5.74) is 3.71. The molecule has 0 N–H and O–H groups in total. The van der Waals surface area contributed by atoms with Crippen LogP contribution < -0.4 is 0 Å². The molecule has 0 amide bonds. The Morgan fingerprint density at radius 3 is 3.00 bits per heavy atom. The fourth-order valence-corrected chi connectivity index (χ4v) is 2.71. The van der Waals surface area contributed by atoms with Gasteiger partial charge in [-0.05, 0) is 54.7 Å². The maximum absolute atomic E-state index is 13.1. The van der Waals surface area contributed by atoms with Gasteiger partial charge in [0.2, 0.25) is 5.90 Å². The van der Waals surface area contributed by atoms with Gasteiger partial charge in [-0.3, -0.25) is 0 Å². The highest BCUT2D eigenvalue weighted by Gasteiger charge is 2.26. The van der Waals surface area contributed by atoms with E-state index in [1.165, 1.54) is 24.3 Å². The fraction of sp³-hybridized carbons (Fsp3) is 0.143. The normalized spacial score (nSPS) is 18.5. The Labute approximate surface area is 146 Å². The molecule has 0 radical (unpaired) electrons. The molecule has 1 aromatic carbocycles. The van der Waals surface area contributed by atoms with Crippen molar-refractivity contribution in [2.45, 2.75) is 19.8 Å². The number of cyclic esters (lactones) is 1. The average molecular weight is 335 g/mol. The van der Waals surface area contributed by atoms with Crippen LogP contribution in [0, 0.1) is 0 Å². The molecule has 4 heteroatoms. The van der Waals surface area contributed by atoms with Gasteiger partial charge in [-0.1, -0.05) is 43.0 Å². The third kappa shape index (κ3) is 3.74. The van der Waals surface area contributed by atoms with Crippen LogP contribution in [0.5, 0.6) is 0 Å². The first-order valence-corrected chi connectivity index (χ1v) is 8.08.